The van der Waals surface area contributed by atoms with Crippen LogP contribution in [0.25, 0.3) is 10.8 Å². The molecule has 1 unspecified atom stereocenters. The molecule has 0 aromatic heterocycles. The van der Waals surface area contributed by atoms with Gasteiger partial charge in [-0.05, 0) is 23.8 Å². The summed E-state index contributed by atoms with van der Waals surface area (Å²) in [6.45, 7) is 5.98. The molecule has 0 aliphatic carbocycles. The average Bonchev–Trinajstić information content (AvgIpc) is 2.99. The summed E-state index contributed by atoms with van der Waals surface area (Å²) in [5, 5.41) is 22.6. The van der Waals surface area contributed by atoms with E-state index in [2.05, 4.69) is 5.09 Å². The van der Waals surface area contributed by atoms with Crippen LogP contribution in [0.2, 0.25) is 0 Å². The lowest BCUT2D eigenvalue weighted by molar-refractivity contribution is -0.188. The van der Waals surface area contributed by atoms with Crippen molar-refractivity contribution in [2.75, 3.05) is 13.2 Å². The Morgan fingerprint density at radius 1 is 1.23 bits per heavy atom. The smallest absolute Gasteiger partial charge is 0.462 e. The molecule has 12 heteroatoms. The third-order valence-electron chi connectivity index (χ3n) is 5.09. The number of carbonyl (C=O) groups excluding carboxylic acids is 1. The fourth-order valence-electron chi connectivity index (χ4n) is 3.26. The molecule has 9 nitrogen and oxygen atoms in total. The molecule has 1 aliphatic heterocycles. The quantitative estimate of drug-likeness (QED) is 0.338. The summed E-state index contributed by atoms with van der Waals surface area (Å²) in [6, 6.07) is 10.5. The monoisotopic (exact) mass is 517 g/mol. The molecule has 1 aliphatic rings. The van der Waals surface area contributed by atoms with E-state index in [4.69, 9.17) is 18.5 Å². The molecule has 2 aromatic carbocycles. The van der Waals surface area contributed by atoms with E-state index >= 15 is 0 Å². The fourth-order valence-corrected chi connectivity index (χ4v) is 4.86. The van der Waals surface area contributed by atoms with E-state index in [-0.39, 0.29) is 17.8 Å². The molecular formula is C23H30F2NO8P. The summed E-state index contributed by atoms with van der Waals surface area (Å²) in [5.74, 6) is -4.80. The second kappa shape index (κ2) is 10.5. The average molecular weight is 517 g/mol. The van der Waals surface area contributed by atoms with Crippen LogP contribution in [-0.4, -0.2) is 59.9 Å². The topological polar surface area (TPSA) is 124 Å². The molecule has 194 valence electrons. The number of hydrogen-bond acceptors (Lipinski definition) is 8. The van der Waals surface area contributed by atoms with Gasteiger partial charge in [0.25, 0.3) is 0 Å². The molecule has 0 saturated carbocycles. The molecule has 3 N–H and O–H groups in total. The third-order valence-corrected chi connectivity index (χ3v) is 6.70. The van der Waals surface area contributed by atoms with Crippen molar-refractivity contribution in [2.45, 2.75) is 58.2 Å². The SMILES string of the molecule is C[C@H](NP(=O)(Oc1cccc2ccccc12)O[C@@H]1O[C@H](CO)[C@@H](O)C1(F)F)C(=O)OCC(C)(C)C. The van der Waals surface area contributed by atoms with Crippen molar-refractivity contribution in [3.8, 4) is 5.75 Å². The largest absolute Gasteiger partial charge is 0.464 e. The normalized spacial score (nSPS) is 24.6. The minimum atomic E-state index is -4.76. The number of benzene rings is 2. The summed E-state index contributed by atoms with van der Waals surface area (Å²) < 4.78 is 63.8. The van der Waals surface area contributed by atoms with E-state index < -0.39 is 50.8 Å². The van der Waals surface area contributed by atoms with Gasteiger partial charge in [0.2, 0.25) is 6.29 Å². The van der Waals surface area contributed by atoms with Crippen molar-refractivity contribution in [1.29, 1.82) is 0 Å². The number of alkyl halides is 2. The molecule has 1 fully saturated rings. The molecule has 1 heterocycles. The van der Waals surface area contributed by atoms with Crippen molar-refractivity contribution in [1.82, 2.24) is 5.09 Å². The zero-order valence-electron chi connectivity index (χ0n) is 19.8. The number of ether oxygens (including phenoxy) is 2. The van der Waals surface area contributed by atoms with Gasteiger partial charge in [-0.1, -0.05) is 57.2 Å². The fraction of sp³-hybridized carbons (Fsp3) is 0.522. The predicted molar refractivity (Wildman–Crippen MR) is 123 cm³/mol. The van der Waals surface area contributed by atoms with Gasteiger partial charge >= 0.3 is 19.6 Å². The Balaban J connectivity index is 1.90. The van der Waals surface area contributed by atoms with Crippen molar-refractivity contribution < 1.29 is 46.9 Å². The van der Waals surface area contributed by atoms with Crippen LogP contribution < -0.4 is 9.61 Å². The van der Waals surface area contributed by atoms with E-state index in [0.717, 1.165) is 0 Å². The van der Waals surface area contributed by atoms with Crippen molar-refractivity contribution in [2.24, 2.45) is 5.41 Å². The van der Waals surface area contributed by atoms with Gasteiger partial charge in [-0.25, -0.2) is 4.57 Å². The van der Waals surface area contributed by atoms with Crippen LogP contribution in [-0.2, 0) is 23.4 Å². The zero-order chi connectivity index (χ0) is 26.0. The van der Waals surface area contributed by atoms with Crippen LogP contribution in [0, 0.1) is 5.41 Å². The van der Waals surface area contributed by atoms with Crippen LogP contribution in [0.5, 0.6) is 5.75 Å². The highest BCUT2D eigenvalue weighted by Crippen LogP contribution is 2.52. The van der Waals surface area contributed by atoms with Gasteiger partial charge < -0.3 is 24.2 Å². The second-order valence-electron chi connectivity index (χ2n) is 9.50. The maximum Gasteiger partial charge on any atom is 0.462 e. The highest BCUT2D eigenvalue weighted by molar-refractivity contribution is 7.52. The Bertz CT molecular complexity index is 1090. The molecule has 35 heavy (non-hydrogen) atoms. The molecule has 0 spiro atoms. The van der Waals surface area contributed by atoms with Crippen LogP contribution in [0.4, 0.5) is 8.78 Å². The number of halogens is 2. The second-order valence-corrected chi connectivity index (χ2v) is 11.1. The summed E-state index contributed by atoms with van der Waals surface area (Å²) in [6.07, 6.45) is -6.60. The molecular weight excluding hydrogens is 487 g/mol. The number of aliphatic hydroxyl groups is 2. The minimum absolute atomic E-state index is 0.0368. The summed E-state index contributed by atoms with van der Waals surface area (Å²) >= 11 is 0. The lowest BCUT2D eigenvalue weighted by Crippen LogP contribution is -2.43. The van der Waals surface area contributed by atoms with Crippen molar-refractivity contribution >= 4 is 24.5 Å². The van der Waals surface area contributed by atoms with Gasteiger partial charge in [-0.2, -0.15) is 13.9 Å². The van der Waals surface area contributed by atoms with Gasteiger partial charge in [-0.15, -0.1) is 0 Å². The number of esters is 1. The molecule has 3 rings (SSSR count). The maximum absolute atomic E-state index is 14.6. The molecule has 0 bridgehead atoms. The molecule has 0 amide bonds. The van der Waals surface area contributed by atoms with Crippen molar-refractivity contribution in [3.63, 3.8) is 0 Å². The Kier molecular flexibility index (Phi) is 8.20. The Hall–Kier alpha value is -2.14. The lowest BCUT2D eigenvalue weighted by atomic mass is 9.99. The Morgan fingerprint density at radius 3 is 2.51 bits per heavy atom. The first-order chi connectivity index (χ1) is 16.3. The molecule has 5 atom stereocenters. The van der Waals surface area contributed by atoms with E-state index in [1.54, 1.807) is 36.4 Å². The predicted octanol–water partition coefficient (Wildman–Crippen LogP) is 3.62. The van der Waals surface area contributed by atoms with Crippen LogP contribution in [0.15, 0.2) is 42.5 Å². The number of fused-ring (bicyclic) bond motifs is 1. The van der Waals surface area contributed by atoms with Crippen LogP contribution in [0.1, 0.15) is 27.7 Å². The van der Waals surface area contributed by atoms with Gasteiger partial charge in [0.1, 0.15) is 17.9 Å². The van der Waals surface area contributed by atoms with Gasteiger partial charge in [0.05, 0.1) is 13.2 Å². The minimum Gasteiger partial charge on any atom is -0.464 e. The van der Waals surface area contributed by atoms with Gasteiger partial charge in [0.15, 0.2) is 6.10 Å². The first-order valence-electron chi connectivity index (χ1n) is 11.0. The van der Waals surface area contributed by atoms with E-state index in [1.807, 2.05) is 20.8 Å². The number of rotatable bonds is 9. The maximum atomic E-state index is 14.6. The molecule has 0 radical (unpaired) electrons. The molecule has 1 saturated heterocycles. The van der Waals surface area contributed by atoms with E-state index in [9.17, 15) is 28.4 Å². The summed E-state index contributed by atoms with van der Waals surface area (Å²) in [4.78, 5) is 12.5. The number of hydrogen-bond donors (Lipinski definition) is 3. The zero-order valence-corrected chi connectivity index (χ0v) is 20.7. The molecule has 2 aromatic rings. The lowest BCUT2D eigenvalue weighted by Gasteiger charge is -2.28. The summed E-state index contributed by atoms with van der Waals surface area (Å²) in [7, 11) is -4.76. The van der Waals surface area contributed by atoms with E-state index in [0.29, 0.717) is 10.8 Å². The van der Waals surface area contributed by atoms with Crippen LogP contribution >= 0.6 is 7.75 Å². The number of aliphatic hydroxyl groups excluding tert-OH is 2. The van der Waals surface area contributed by atoms with E-state index in [1.165, 1.54) is 13.0 Å². The Morgan fingerprint density at radius 2 is 1.89 bits per heavy atom. The first-order valence-corrected chi connectivity index (χ1v) is 12.5. The number of nitrogens with one attached hydrogen (secondary N) is 1. The van der Waals surface area contributed by atoms with Gasteiger partial charge in [-0.3, -0.25) is 9.32 Å². The Labute approximate surface area is 201 Å². The number of carbonyl (C=O) groups is 1. The van der Waals surface area contributed by atoms with Crippen molar-refractivity contribution in [3.05, 3.63) is 42.5 Å². The first kappa shape index (κ1) is 27.4. The van der Waals surface area contributed by atoms with Gasteiger partial charge in [0, 0.05) is 5.39 Å². The highest BCUT2D eigenvalue weighted by Gasteiger charge is 2.61. The standard InChI is InChI=1S/C23H30F2NO8P/c1-14(20(29)31-13-22(2,3)4)26-35(30,34-21-23(24,25)19(28)18(12-27)32-21)33-17-11-7-9-15-8-5-6-10-16(15)17/h5-11,14,18-19,21,27-28H,12-13H2,1-4H3,(H,26,30)/t14-,18+,19+,21-,35?/m0/s1. The van der Waals surface area contributed by atoms with Crippen LogP contribution in [0.3, 0.4) is 0 Å². The summed E-state index contributed by atoms with van der Waals surface area (Å²) in [5.41, 5.74) is -0.343. The third kappa shape index (κ3) is 6.55. The highest BCUT2D eigenvalue weighted by atomic mass is 31.2.